The predicted octanol–water partition coefficient (Wildman–Crippen LogP) is 2.76. The highest BCUT2D eigenvalue weighted by Gasteiger charge is 2.11. The van der Waals surface area contributed by atoms with Crippen LogP contribution >= 0.6 is 0 Å². The summed E-state index contributed by atoms with van der Waals surface area (Å²) in [5, 5.41) is 3.59. The van der Waals surface area contributed by atoms with Crippen LogP contribution in [0.15, 0.2) is 30.3 Å². The molecule has 0 radical (unpaired) electrons. The summed E-state index contributed by atoms with van der Waals surface area (Å²) in [6.07, 6.45) is 6.66. The van der Waals surface area contributed by atoms with Gasteiger partial charge in [0, 0.05) is 6.04 Å². The molecule has 1 aliphatic rings. The fraction of sp³-hybridized carbons (Fsp3) is 0.538. The average molecular weight is 189 g/mol. The first-order chi connectivity index (χ1) is 6.95. The van der Waals surface area contributed by atoms with E-state index in [4.69, 9.17) is 0 Å². The van der Waals surface area contributed by atoms with Crippen LogP contribution in [0.5, 0.6) is 0 Å². The first-order valence-electron chi connectivity index (χ1n) is 5.72. The minimum absolute atomic E-state index is 0.768. The van der Waals surface area contributed by atoms with E-state index >= 15 is 0 Å². The van der Waals surface area contributed by atoms with Gasteiger partial charge in [0.05, 0.1) is 0 Å². The highest BCUT2D eigenvalue weighted by molar-refractivity contribution is 5.14. The summed E-state index contributed by atoms with van der Waals surface area (Å²) < 4.78 is 0. The second-order valence-corrected chi connectivity index (χ2v) is 4.17. The van der Waals surface area contributed by atoms with Gasteiger partial charge in [0.15, 0.2) is 0 Å². The molecule has 1 aromatic rings. The van der Waals surface area contributed by atoms with Gasteiger partial charge in [-0.1, -0.05) is 36.8 Å². The third kappa shape index (κ3) is 2.85. The number of hydrogen-bond acceptors (Lipinski definition) is 1. The van der Waals surface area contributed by atoms with Crippen molar-refractivity contribution in [3.05, 3.63) is 35.9 Å². The van der Waals surface area contributed by atoms with E-state index in [9.17, 15) is 0 Å². The first-order valence-corrected chi connectivity index (χ1v) is 5.72. The van der Waals surface area contributed by atoms with E-state index in [2.05, 4.69) is 35.6 Å². The number of aryl methyl sites for hydroxylation is 1. The Morgan fingerprint density at radius 3 is 2.71 bits per heavy atom. The number of hydrogen-bond donors (Lipinski definition) is 1. The van der Waals surface area contributed by atoms with Crippen LogP contribution in [0, 0.1) is 0 Å². The largest absolute Gasteiger partial charge is 0.314 e. The van der Waals surface area contributed by atoms with Crippen molar-refractivity contribution in [1.82, 2.24) is 5.32 Å². The second kappa shape index (κ2) is 5.16. The summed E-state index contributed by atoms with van der Waals surface area (Å²) in [4.78, 5) is 0. The lowest BCUT2D eigenvalue weighted by Crippen LogP contribution is -2.34. The van der Waals surface area contributed by atoms with Crippen molar-refractivity contribution < 1.29 is 0 Å². The lowest BCUT2D eigenvalue weighted by molar-refractivity contribution is 0.383. The molecule has 1 aliphatic heterocycles. The summed E-state index contributed by atoms with van der Waals surface area (Å²) in [5.41, 5.74) is 1.47. The lowest BCUT2D eigenvalue weighted by Gasteiger charge is -2.23. The third-order valence-electron chi connectivity index (χ3n) is 3.04. The molecule has 76 valence electrons. The Bertz CT molecular complexity index is 249. The summed E-state index contributed by atoms with van der Waals surface area (Å²) in [6, 6.07) is 11.6. The monoisotopic (exact) mass is 189 g/mol. The fourth-order valence-corrected chi connectivity index (χ4v) is 2.16. The molecule has 1 heteroatoms. The molecule has 1 heterocycles. The minimum Gasteiger partial charge on any atom is -0.314 e. The van der Waals surface area contributed by atoms with Crippen LogP contribution in [-0.4, -0.2) is 12.6 Å². The first kappa shape index (κ1) is 9.72. The Morgan fingerprint density at radius 2 is 2.00 bits per heavy atom. The number of nitrogens with one attached hydrogen (secondary N) is 1. The molecule has 1 nitrogen and oxygen atoms in total. The third-order valence-corrected chi connectivity index (χ3v) is 3.04. The molecule has 0 aromatic heterocycles. The molecule has 0 bridgehead atoms. The van der Waals surface area contributed by atoms with Crippen LogP contribution in [0.3, 0.4) is 0 Å². The molecule has 0 spiro atoms. The van der Waals surface area contributed by atoms with Gasteiger partial charge in [-0.3, -0.25) is 0 Å². The molecule has 1 saturated heterocycles. The van der Waals surface area contributed by atoms with E-state index in [1.54, 1.807) is 0 Å². The number of rotatable bonds is 3. The van der Waals surface area contributed by atoms with E-state index in [-0.39, 0.29) is 0 Å². The van der Waals surface area contributed by atoms with E-state index in [0.29, 0.717) is 0 Å². The van der Waals surface area contributed by atoms with Gasteiger partial charge in [-0.05, 0) is 37.8 Å². The quantitative estimate of drug-likeness (QED) is 0.771. The van der Waals surface area contributed by atoms with E-state index in [1.165, 1.54) is 44.2 Å². The highest BCUT2D eigenvalue weighted by Crippen LogP contribution is 2.13. The van der Waals surface area contributed by atoms with E-state index < -0.39 is 0 Å². The fourth-order valence-electron chi connectivity index (χ4n) is 2.16. The predicted molar refractivity (Wildman–Crippen MR) is 60.4 cm³/mol. The number of piperidine rings is 1. The molecule has 14 heavy (non-hydrogen) atoms. The Hall–Kier alpha value is -0.820. The van der Waals surface area contributed by atoms with Crippen molar-refractivity contribution in [3.63, 3.8) is 0 Å². The van der Waals surface area contributed by atoms with Crippen LogP contribution in [0.25, 0.3) is 0 Å². The normalized spacial score (nSPS) is 22.1. The maximum atomic E-state index is 3.59. The van der Waals surface area contributed by atoms with Crippen molar-refractivity contribution in [3.8, 4) is 0 Å². The van der Waals surface area contributed by atoms with Crippen molar-refractivity contribution >= 4 is 0 Å². The van der Waals surface area contributed by atoms with Crippen LogP contribution in [0.2, 0.25) is 0 Å². The summed E-state index contributed by atoms with van der Waals surface area (Å²) in [6.45, 7) is 1.22. The van der Waals surface area contributed by atoms with Gasteiger partial charge in [0.2, 0.25) is 0 Å². The topological polar surface area (TPSA) is 12.0 Å². The van der Waals surface area contributed by atoms with Crippen molar-refractivity contribution in [2.24, 2.45) is 0 Å². The van der Waals surface area contributed by atoms with Crippen LogP contribution in [0.4, 0.5) is 0 Å². The smallest absolute Gasteiger partial charge is 0.00702 e. The Balaban J connectivity index is 1.76. The molecule has 0 saturated carbocycles. The highest BCUT2D eigenvalue weighted by atomic mass is 14.9. The summed E-state index contributed by atoms with van der Waals surface area (Å²) in [5.74, 6) is 0. The zero-order valence-electron chi connectivity index (χ0n) is 8.71. The second-order valence-electron chi connectivity index (χ2n) is 4.17. The Morgan fingerprint density at radius 1 is 1.14 bits per heavy atom. The van der Waals surface area contributed by atoms with Gasteiger partial charge in [0.25, 0.3) is 0 Å². The summed E-state index contributed by atoms with van der Waals surface area (Å²) in [7, 11) is 0. The lowest BCUT2D eigenvalue weighted by atomic mass is 9.98. The molecule has 1 aromatic carbocycles. The van der Waals surface area contributed by atoms with E-state index in [1.807, 2.05) is 0 Å². The van der Waals surface area contributed by atoms with Gasteiger partial charge in [-0.2, -0.15) is 0 Å². The van der Waals surface area contributed by atoms with Crippen LogP contribution in [0.1, 0.15) is 31.2 Å². The van der Waals surface area contributed by atoms with Crippen molar-refractivity contribution in [2.45, 2.75) is 38.1 Å². The molecule has 1 fully saturated rings. The molecule has 0 amide bonds. The average Bonchev–Trinajstić information content (AvgIpc) is 2.29. The van der Waals surface area contributed by atoms with Crippen molar-refractivity contribution in [1.29, 1.82) is 0 Å². The maximum Gasteiger partial charge on any atom is 0.00702 e. The molecular weight excluding hydrogens is 170 g/mol. The zero-order valence-corrected chi connectivity index (χ0v) is 8.71. The molecule has 1 N–H and O–H groups in total. The maximum absolute atomic E-state index is 3.59. The summed E-state index contributed by atoms with van der Waals surface area (Å²) >= 11 is 0. The molecule has 1 atom stereocenters. The van der Waals surface area contributed by atoms with E-state index in [0.717, 1.165) is 6.04 Å². The Kier molecular flexibility index (Phi) is 3.58. The van der Waals surface area contributed by atoms with Gasteiger partial charge in [0.1, 0.15) is 0 Å². The Labute approximate surface area is 86.5 Å². The van der Waals surface area contributed by atoms with Gasteiger partial charge < -0.3 is 5.32 Å². The van der Waals surface area contributed by atoms with Gasteiger partial charge in [-0.25, -0.2) is 0 Å². The molecule has 0 unspecified atom stereocenters. The molecule has 2 rings (SSSR count). The molecular formula is C13H19N. The standard InChI is InChI=1S/C13H19N/c1-2-6-12(7-3-1)9-10-13-8-4-5-11-14-13/h1-3,6-7,13-14H,4-5,8-11H2/t13-/m1/s1. The van der Waals surface area contributed by atoms with Crippen LogP contribution < -0.4 is 5.32 Å². The van der Waals surface area contributed by atoms with Crippen molar-refractivity contribution in [2.75, 3.05) is 6.54 Å². The van der Waals surface area contributed by atoms with Gasteiger partial charge in [-0.15, -0.1) is 0 Å². The SMILES string of the molecule is c1ccc(CC[C@H]2CCCCN2)cc1. The van der Waals surface area contributed by atoms with Gasteiger partial charge >= 0.3 is 0 Å². The zero-order chi connectivity index (χ0) is 9.64. The molecule has 0 aliphatic carbocycles. The number of benzene rings is 1. The van der Waals surface area contributed by atoms with Crippen LogP contribution in [-0.2, 0) is 6.42 Å². The minimum atomic E-state index is 0.768.